The molecule has 0 atom stereocenters. The summed E-state index contributed by atoms with van der Waals surface area (Å²) in [7, 11) is 0. The van der Waals surface area contributed by atoms with Gasteiger partial charge in [-0.15, -0.1) is 13.2 Å². The molecule has 1 saturated heterocycles. The van der Waals surface area contributed by atoms with E-state index in [0.29, 0.717) is 25.7 Å². The molecular weight excluding hydrogens is 472 g/mol. The van der Waals surface area contributed by atoms with Gasteiger partial charge in [0.2, 0.25) is 11.8 Å². The second-order valence-corrected chi connectivity index (χ2v) is 8.96. The third-order valence-corrected chi connectivity index (χ3v) is 6.50. The third kappa shape index (κ3) is 6.27. The first-order valence-corrected chi connectivity index (χ1v) is 11.3. The van der Waals surface area contributed by atoms with Crippen LogP contribution in [0, 0.1) is 16.0 Å². The van der Waals surface area contributed by atoms with E-state index in [0.717, 1.165) is 31.9 Å². The highest BCUT2D eigenvalue weighted by Gasteiger charge is 2.35. The van der Waals surface area contributed by atoms with Crippen molar-refractivity contribution in [3.8, 4) is 5.75 Å². The average molecular weight is 498 g/mol. The van der Waals surface area contributed by atoms with Gasteiger partial charge in [0, 0.05) is 37.8 Å². The monoisotopic (exact) mass is 498 g/mol. The first kappa shape index (κ1) is 24.9. The van der Waals surface area contributed by atoms with E-state index in [1.54, 1.807) is 11.0 Å². The van der Waals surface area contributed by atoms with Crippen LogP contribution < -0.4 is 15.4 Å². The number of nitrogen functional groups attached to an aromatic ring is 1. The molecule has 0 amide bonds. The Balaban J connectivity index is 1.53. The van der Waals surface area contributed by atoms with Crippen molar-refractivity contribution < 1.29 is 27.2 Å². The van der Waals surface area contributed by atoms with Crippen molar-refractivity contribution in [2.24, 2.45) is 5.92 Å². The van der Waals surface area contributed by atoms with Crippen molar-refractivity contribution in [2.45, 2.75) is 50.8 Å². The van der Waals surface area contributed by atoms with Gasteiger partial charge < -0.3 is 15.4 Å². The minimum atomic E-state index is -4.86. The zero-order chi connectivity index (χ0) is 25.2. The summed E-state index contributed by atoms with van der Waals surface area (Å²) in [5.74, 6) is -0.404. The fourth-order valence-electron chi connectivity index (χ4n) is 4.71. The van der Waals surface area contributed by atoms with Gasteiger partial charge in [-0.2, -0.15) is 4.98 Å². The first-order chi connectivity index (χ1) is 16.6. The normalized spacial score (nSPS) is 21.4. The predicted octanol–water partition coefficient (Wildman–Crippen LogP) is 4.08. The topological polar surface area (TPSA) is 111 Å². The van der Waals surface area contributed by atoms with Crippen LogP contribution in [0.1, 0.15) is 31.2 Å². The van der Waals surface area contributed by atoms with Gasteiger partial charge in [0.1, 0.15) is 18.1 Å². The van der Waals surface area contributed by atoms with Crippen molar-refractivity contribution in [1.82, 2.24) is 14.9 Å². The SMILES string of the molecule is Nc1nc(N(Cc2ccccc2OC(F)(F)F)CC2CCC(N3CC(F)C3)CC2)ncc1[N+](=O)[O-]. The number of halogens is 4. The summed E-state index contributed by atoms with van der Waals surface area (Å²) in [6.07, 6.45) is -1.15. The summed E-state index contributed by atoms with van der Waals surface area (Å²) in [5, 5.41) is 11.1. The molecule has 9 nitrogen and oxygen atoms in total. The summed E-state index contributed by atoms with van der Waals surface area (Å²) in [6, 6.07) is 6.10. The quantitative estimate of drug-likeness (QED) is 0.329. The molecule has 2 aromatic rings. The molecule has 1 aromatic carbocycles. The van der Waals surface area contributed by atoms with Gasteiger partial charge in [-0.05, 0) is 37.7 Å². The Kier molecular flexibility index (Phi) is 7.24. The zero-order valence-electron chi connectivity index (χ0n) is 18.8. The number of ether oxygens (including phenoxy) is 1. The van der Waals surface area contributed by atoms with Crippen molar-refractivity contribution >= 4 is 17.5 Å². The number of nitrogens with zero attached hydrogens (tertiary/aromatic N) is 5. The number of para-hydroxylation sites is 1. The van der Waals surface area contributed by atoms with E-state index in [1.165, 1.54) is 18.2 Å². The Hall–Kier alpha value is -3.22. The average Bonchev–Trinajstić information content (AvgIpc) is 2.77. The molecule has 4 rings (SSSR count). The van der Waals surface area contributed by atoms with E-state index in [9.17, 15) is 27.7 Å². The number of anilines is 2. The van der Waals surface area contributed by atoms with Crippen LogP contribution in [-0.2, 0) is 6.54 Å². The van der Waals surface area contributed by atoms with Gasteiger partial charge in [-0.25, -0.2) is 9.37 Å². The lowest BCUT2D eigenvalue weighted by molar-refractivity contribution is -0.384. The summed E-state index contributed by atoms with van der Waals surface area (Å²) in [4.78, 5) is 22.4. The zero-order valence-corrected chi connectivity index (χ0v) is 18.8. The largest absolute Gasteiger partial charge is 0.573 e. The number of nitrogens with two attached hydrogens (primary N) is 1. The Labute approximate surface area is 199 Å². The second-order valence-electron chi connectivity index (χ2n) is 8.96. The van der Waals surface area contributed by atoms with E-state index in [-0.39, 0.29) is 35.5 Å². The van der Waals surface area contributed by atoms with E-state index in [2.05, 4.69) is 19.6 Å². The van der Waals surface area contributed by atoms with Gasteiger partial charge in [0.05, 0.1) is 4.92 Å². The fourth-order valence-corrected chi connectivity index (χ4v) is 4.71. The lowest BCUT2D eigenvalue weighted by Gasteiger charge is -2.44. The molecule has 0 spiro atoms. The van der Waals surface area contributed by atoms with Crippen LogP contribution in [0.25, 0.3) is 0 Å². The molecule has 190 valence electrons. The van der Waals surface area contributed by atoms with Crippen molar-refractivity contribution in [1.29, 1.82) is 0 Å². The minimum Gasteiger partial charge on any atom is -0.405 e. The van der Waals surface area contributed by atoms with Gasteiger partial charge in [0.25, 0.3) is 0 Å². The summed E-state index contributed by atoms with van der Waals surface area (Å²) in [5.41, 5.74) is 5.56. The molecule has 13 heteroatoms. The van der Waals surface area contributed by atoms with Crippen LogP contribution in [0.3, 0.4) is 0 Å². The Bertz CT molecular complexity index is 1040. The van der Waals surface area contributed by atoms with Crippen LogP contribution in [0.15, 0.2) is 30.5 Å². The number of benzene rings is 1. The highest BCUT2D eigenvalue weighted by atomic mass is 19.4. The van der Waals surface area contributed by atoms with Crippen LogP contribution in [0.2, 0.25) is 0 Å². The van der Waals surface area contributed by atoms with Crippen molar-refractivity contribution in [2.75, 3.05) is 30.3 Å². The fraction of sp³-hybridized carbons (Fsp3) is 0.545. The highest BCUT2D eigenvalue weighted by Crippen LogP contribution is 2.34. The van der Waals surface area contributed by atoms with E-state index >= 15 is 0 Å². The maximum atomic E-state index is 13.2. The van der Waals surface area contributed by atoms with Crippen molar-refractivity contribution in [3.63, 3.8) is 0 Å². The molecule has 2 heterocycles. The molecule has 0 radical (unpaired) electrons. The van der Waals surface area contributed by atoms with Crippen LogP contribution in [-0.4, -0.2) is 58.0 Å². The highest BCUT2D eigenvalue weighted by molar-refractivity contribution is 5.54. The summed E-state index contributed by atoms with van der Waals surface area (Å²) in [6.45, 7) is 1.33. The lowest BCUT2D eigenvalue weighted by atomic mass is 9.84. The minimum absolute atomic E-state index is 0.0148. The third-order valence-electron chi connectivity index (χ3n) is 6.50. The number of hydrogen-bond acceptors (Lipinski definition) is 8. The molecule has 1 aliphatic carbocycles. The first-order valence-electron chi connectivity index (χ1n) is 11.3. The molecule has 1 aliphatic heterocycles. The van der Waals surface area contributed by atoms with E-state index in [1.807, 2.05) is 0 Å². The number of rotatable bonds is 8. The molecule has 2 aliphatic rings. The molecule has 2 N–H and O–H groups in total. The van der Waals surface area contributed by atoms with E-state index < -0.39 is 23.1 Å². The number of alkyl halides is 4. The van der Waals surface area contributed by atoms with Crippen LogP contribution in [0.5, 0.6) is 5.75 Å². The number of aromatic nitrogens is 2. The van der Waals surface area contributed by atoms with Crippen LogP contribution >= 0.6 is 0 Å². The van der Waals surface area contributed by atoms with Gasteiger partial charge >= 0.3 is 12.0 Å². The standard InChI is InChI=1S/C22H26F4N6O3/c23-16-12-30(13-16)17-7-5-14(6-8-17)10-31(21-28-9-18(32(33)34)20(27)29-21)11-15-3-1-2-4-19(15)35-22(24,25)26/h1-4,9,14,16-17H,5-8,10-13H2,(H2,27,28,29). The maximum Gasteiger partial charge on any atom is 0.573 e. The van der Waals surface area contributed by atoms with Crippen LogP contribution in [0.4, 0.5) is 35.0 Å². The molecule has 35 heavy (non-hydrogen) atoms. The van der Waals surface area contributed by atoms with Gasteiger partial charge in [0.15, 0.2) is 0 Å². The smallest absolute Gasteiger partial charge is 0.405 e. The summed E-state index contributed by atoms with van der Waals surface area (Å²) >= 11 is 0. The molecule has 0 unspecified atom stereocenters. The lowest BCUT2D eigenvalue weighted by Crippen LogP contribution is -2.54. The Morgan fingerprint density at radius 1 is 1.20 bits per heavy atom. The van der Waals surface area contributed by atoms with E-state index in [4.69, 9.17) is 5.73 Å². The number of hydrogen-bond donors (Lipinski definition) is 1. The predicted molar refractivity (Wildman–Crippen MR) is 119 cm³/mol. The van der Waals surface area contributed by atoms with Crippen molar-refractivity contribution in [3.05, 3.63) is 46.1 Å². The molecular formula is C22H26F4N6O3. The molecule has 0 bridgehead atoms. The number of nitro groups is 1. The number of likely N-dealkylation sites (tertiary alicyclic amines) is 1. The second kappa shape index (κ2) is 10.2. The molecule has 1 saturated carbocycles. The maximum absolute atomic E-state index is 13.2. The molecule has 2 fully saturated rings. The van der Waals surface area contributed by atoms with Gasteiger partial charge in [-0.1, -0.05) is 18.2 Å². The Morgan fingerprint density at radius 3 is 2.49 bits per heavy atom. The summed E-state index contributed by atoms with van der Waals surface area (Å²) < 4.78 is 56.2. The molecule has 1 aromatic heterocycles. The Morgan fingerprint density at radius 2 is 1.89 bits per heavy atom. The van der Waals surface area contributed by atoms with Gasteiger partial charge in [-0.3, -0.25) is 15.0 Å².